The van der Waals surface area contributed by atoms with Crippen LogP contribution >= 0.6 is 11.3 Å². The van der Waals surface area contributed by atoms with E-state index in [4.69, 9.17) is 16.5 Å². The highest BCUT2D eigenvalue weighted by Crippen LogP contribution is 2.42. The van der Waals surface area contributed by atoms with Crippen molar-refractivity contribution in [2.24, 2.45) is 10.7 Å². The molecule has 2 atom stereocenters. The van der Waals surface area contributed by atoms with E-state index in [1.54, 1.807) is 4.90 Å². The highest BCUT2D eigenvalue weighted by molar-refractivity contribution is 7.16. The van der Waals surface area contributed by atoms with Crippen LogP contribution in [0.3, 0.4) is 0 Å². The van der Waals surface area contributed by atoms with E-state index in [1.807, 2.05) is 6.07 Å². The quantitative estimate of drug-likeness (QED) is 0.310. The zero-order valence-electron chi connectivity index (χ0n) is 23.7. The summed E-state index contributed by atoms with van der Waals surface area (Å²) >= 11 is 1.38. The number of aliphatic imine (C=N–C) groups is 1. The number of likely N-dealkylation sites (N-methyl/N-ethyl adjacent to an activating group) is 1. The van der Waals surface area contributed by atoms with Gasteiger partial charge in [0.2, 0.25) is 5.91 Å². The van der Waals surface area contributed by atoms with Gasteiger partial charge >= 0.3 is 0 Å². The molecule has 1 aliphatic carbocycles. The van der Waals surface area contributed by atoms with Gasteiger partial charge in [-0.25, -0.2) is 4.98 Å². The summed E-state index contributed by atoms with van der Waals surface area (Å²) in [5, 5.41) is 10.1. The summed E-state index contributed by atoms with van der Waals surface area (Å²) in [7, 11) is 2.11. The number of pyridine rings is 1. The molecule has 0 saturated carbocycles. The first-order valence-electron chi connectivity index (χ1n) is 14.0. The topological polar surface area (TPSA) is 148 Å². The summed E-state index contributed by atoms with van der Waals surface area (Å²) in [6, 6.07) is 6.35. The average Bonchev–Trinajstić information content (AvgIpc) is 3.31. The number of piperazine rings is 2. The van der Waals surface area contributed by atoms with Gasteiger partial charge in [0.05, 0.1) is 11.5 Å². The molecule has 2 saturated heterocycles. The molecule has 2 fully saturated rings. The van der Waals surface area contributed by atoms with Crippen molar-refractivity contribution < 1.29 is 9.59 Å². The third-order valence-corrected chi connectivity index (χ3v) is 9.34. The fourth-order valence-electron chi connectivity index (χ4n) is 6.05. The van der Waals surface area contributed by atoms with Gasteiger partial charge in [-0.15, -0.1) is 11.3 Å². The summed E-state index contributed by atoms with van der Waals surface area (Å²) in [4.78, 5) is 44.4. The molecule has 5 rings (SSSR count). The van der Waals surface area contributed by atoms with Gasteiger partial charge in [-0.2, -0.15) is 10.3 Å². The number of nitriles is 1. The molecule has 2 amide bonds. The Morgan fingerprint density at radius 1 is 1.22 bits per heavy atom. The molecule has 0 aromatic carbocycles. The van der Waals surface area contributed by atoms with Crippen LogP contribution in [0.2, 0.25) is 0 Å². The maximum atomic E-state index is 13.5. The maximum absolute atomic E-state index is 13.5. The average molecular weight is 576 g/mol. The highest BCUT2D eigenvalue weighted by Gasteiger charge is 2.33. The van der Waals surface area contributed by atoms with E-state index in [1.165, 1.54) is 17.4 Å². The zero-order valence-corrected chi connectivity index (χ0v) is 24.5. The van der Waals surface area contributed by atoms with Crippen molar-refractivity contribution in [2.45, 2.75) is 38.1 Å². The van der Waals surface area contributed by atoms with Gasteiger partial charge in [0, 0.05) is 68.5 Å². The summed E-state index contributed by atoms with van der Waals surface area (Å²) in [5.74, 6) is -0.160. The molecule has 2 unspecified atom stereocenters. The van der Waals surface area contributed by atoms with Gasteiger partial charge in [0.1, 0.15) is 22.6 Å². The Kier molecular flexibility index (Phi) is 8.28. The predicted molar refractivity (Wildman–Crippen MR) is 162 cm³/mol. The predicted octanol–water partition coefficient (Wildman–Crippen LogP) is 1.92. The standard InChI is InChI=1S/C29H37N9O2S/c1-4-25(39)37-11-9-36(10-12-37)19-14-22(33-24(15-19)38-13-8-35(3)17-18(38)2)27(31)34-29(40)20-6-5-7-23-26(20)21(16-30)28(32)41-23/h4,14-15,18,20H,1,5-13,17,32H2,2-3H3,(H2,31,34,40). The molecule has 2 aliphatic heterocycles. The minimum absolute atomic E-state index is 0.0502. The summed E-state index contributed by atoms with van der Waals surface area (Å²) in [6.45, 7) is 10.9. The van der Waals surface area contributed by atoms with Crippen molar-refractivity contribution >= 4 is 45.5 Å². The number of carbonyl (C=O) groups excluding carboxylic acids is 2. The van der Waals surface area contributed by atoms with E-state index in [2.05, 4.69) is 52.4 Å². The Balaban J connectivity index is 1.47. The summed E-state index contributed by atoms with van der Waals surface area (Å²) < 4.78 is 0. The van der Waals surface area contributed by atoms with Gasteiger partial charge < -0.3 is 31.1 Å². The van der Waals surface area contributed by atoms with Crippen LogP contribution in [0.25, 0.3) is 0 Å². The molecule has 4 N–H and O–H groups in total. The van der Waals surface area contributed by atoms with Crippen molar-refractivity contribution in [3.63, 3.8) is 0 Å². The van der Waals surface area contributed by atoms with Crippen LogP contribution in [-0.4, -0.2) is 91.3 Å². The Labute approximate surface area is 244 Å². The molecule has 2 aromatic rings. The second-order valence-electron chi connectivity index (χ2n) is 11.0. The highest BCUT2D eigenvalue weighted by atomic mass is 32.1. The third-order valence-electron chi connectivity index (χ3n) is 8.25. The number of hydrogen-bond acceptors (Lipinski definition) is 9. The molecular formula is C29H37N9O2S. The molecule has 2 aromatic heterocycles. The lowest BCUT2D eigenvalue weighted by Gasteiger charge is -2.40. The number of nitrogens with two attached hydrogens (primary N) is 2. The van der Waals surface area contributed by atoms with Crippen molar-refractivity contribution in [1.29, 1.82) is 5.26 Å². The van der Waals surface area contributed by atoms with Crippen LogP contribution in [0.15, 0.2) is 29.8 Å². The van der Waals surface area contributed by atoms with Crippen LogP contribution in [0.5, 0.6) is 0 Å². The first-order chi connectivity index (χ1) is 19.7. The van der Waals surface area contributed by atoms with E-state index in [0.29, 0.717) is 54.4 Å². The minimum Gasteiger partial charge on any atom is -0.389 e. The zero-order chi connectivity index (χ0) is 29.3. The molecule has 41 heavy (non-hydrogen) atoms. The van der Waals surface area contributed by atoms with Gasteiger partial charge in [-0.05, 0) is 50.9 Å². The van der Waals surface area contributed by atoms with E-state index in [-0.39, 0.29) is 23.7 Å². The molecule has 11 nitrogen and oxygen atoms in total. The number of carbonyl (C=O) groups is 2. The summed E-state index contributed by atoms with van der Waals surface area (Å²) in [5.41, 5.74) is 15.0. The lowest BCUT2D eigenvalue weighted by Crippen LogP contribution is -2.51. The molecule has 4 heterocycles. The molecular weight excluding hydrogens is 538 g/mol. The van der Waals surface area contributed by atoms with E-state index < -0.39 is 5.92 Å². The van der Waals surface area contributed by atoms with Crippen LogP contribution in [0.4, 0.5) is 16.5 Å². The van der Waals surface area contributed by atoms with Crippen LogP contribution in [0.1, 0.15) is 47.4 Å². The number of nitrogen functional groups attached to an aromatic ring is 1. The first kappa shape index (κ1) is 28.6. The second-order valence-corrected chi connectivity index (χ2v) is 12.1. The smallest absolute Gasteiger partial charge is 0.255 e. The third kappa shape index (κ3) is 5.78. The first-order valence-corrected chi connectivity index (χ1v) is 14.8. The van der Waals surface area contributed by atoms with Gasteiger partial charge in [-0.3, -0.25) is 9.59 Å². The van der Waals surface area contributed by atoms with Crippen molar-refractivity contribution in [3.8, 4) is 6.07 Å². The van der Waals surface area contributed by atoms with Crippen LogP contribution < -0.4 is 21.3 Å². The second kappa shape index (κ2) is 11.9. The van der Waals surface area contributed by atoms with Crippen molar-refractivity contribution in [2.75, 3.05) is 68.4 Å². The van der Waals surface area contributed by atoms with Gasteiger partial charge in [0.25, 0.3) is 5.91 Å². The van der Waals surface area contributed by atoms with E-state index in [9.17, 15) is 14.9 Å². The number of amides is 2. The molecule has 12 heteroatoms. The lowest BCUT2D eigenvalue weighted by atomic mass is 9.85. The lowest BCUT2D eigenvalue weighted by molar-refractivity contribution is -0.126. The molecule has 3 aliphatic rings. The van der Waals surface area contributed by atoms with Crippen LogP contribution in [-0.2, 0) is 16.0 Å². The van der Waals surface area contributed by atoms with Gasteiger partial charge in [0.15, 0.2) is 5.84 Å². The molecule has 216 valence electrons. The number of amidine groups is 1. The normalized spacial score (nSPS) is 21.8. The minimum atomic E-state index is -0.545. The molecule has 0 spiro atoms. The number of aromatic nitrogens is 1. The number of nitrogens with zero attached hydrogens (tertiary/aromatic N) is 7. The van der Waals surface area contributed by atoms with Crippen molar-refractivity contribution in [3.05, 3.63) is 46.5 Å². The SMILES string of the molecule is C=CC(=O)N1CCN(c2cc(C(N)=NC(=O)C3CCCc4sc(N)c(C#N)c43)nc(N3CCN(C)CC3C)c2)CC1. The van der Waals surface area contributed by atoms with E-state index in [0.717, 1.165) is 48.9 Å². The Hall–Kier alpha value is -3.95. The number of rotatable bonds is 5. The maximum Gasteiger partial charge on any atom is 0.255 e. The molecule has 0 bridgehead atoms. The Morgan fingerprint density at radius 2 is 1.98 bits per heavy atom. The molecule has 0 radical (unpaired) electrons. The van der Waals surface area contributed by atoms with Crippen LogP contribution in [0, 0.1) is 11.3 Å². The van der Waals surface area contributed by atoms with Crippen molar-refractivity contribution in [1.82, 2.24) is 14.8 Å². The number of fused-ring (bicyclic) bond motifs is 1. The number of aryl methyl sites for hydroxylation is 1. The number of hydrogen-bond donors (Lipinski definition) is 2. The van der Waals surface area contributed by atoms with E-state index >= 15 is 0 Å². The van der Waals surface area contributed by atoms with Gasteiger partial charge in [-0.1, -0.05) is 6.58 Å². The number of anilines is 3. The summed E-state index contributed by atoms with van der Waals surface area (Å²) in [6.07, 6.45) is 3.57. The number of thiophene rings is 1. The largest absolute Gasteiger partial charge is 0.389 e. The fourth-order valence-corrected chi connectivity index (χ4v) is 7.17. The Bertz CT molecular complexity index is 1420. The fraction of sp³-hybridized carbons (Fsp3) is 0.483. The Morgan fingerprint density at radius 3 is 2.66 bits per heavy atom. The monoisotopic (exact) mass is 575 g/mol.